The Morgan fingerprint density at radius 3 is 2.33 bits per heavy atom. The van der Waals surface area contributed by atoms with Gasteiger partial charge in [0.15, 0.2) is 0 Å². The van der Waals surface area contributed by atoms with E-state index in [2.05, 4.69) is 10.5 Å². The zero-order valence-corrected chi connectivity index (χ0v) is 12.9. The van der Waals surface area contributed by atoms with Gasteiger partial charge >= 0.3 is 0 Å². The largest absolute Gasteiger partial charge is 0.382 e. The number of carbonyl (C=O) groups excluding carboxylic acids is 2. The Morgan fingerprint density at radius 1 is 1.08 bits per heavy atom. The molecule has 3 rings (SSSR count). The lowest BCUT2D eigenvalue weighted by Gasteiger charge is -2.17. The highest BCUT2D eigenvalue weighted by atomic mass is 16.6. The first kappa shape index (κ1) is 15.7. The van der Waals surface area contributed by atoms with Crippen LogP contribution in [0.3, 0.4) is 0 Å². The van der Waals surface area contributed by atoms with Gasteiger partial charge in [0.1, 0.15) is 6.04 Å². The molecule has 0 bridgehead atoms. The number of carbonyl (C=O) groups is 2. The number of nitrogens with two attached hydrogens (primary N) is 1. The van der Waals surface area contributed by atoms with E-state index in [9.17, 15) is 9.59 Å². The van der Waals surface area contributed by atoms with Crippen LogP contribution in [0.4, 0.5) is 0 Å². The van der Waals surface area contributed by atoms with Crippen LogP contribution in [-0.4, -0.2) is 23.6 Å². The summed E-state index contributed by atoms with van der Waals surface area (Å²) in [6.45, 7) is 0. The Hall–Kier alpha value is -3.15. The summed E-state index contributed by atoms with van der Waals surface area (Å²) in [5, 5.41) is 6.61. The van der Waals surface area contributed by atoms with Gasteiger partial charge in [-0.1, -0.05) is 65.8 Å². The van der Waals surface area contributed by atoms with E-state index < -0.39 is 24.0 Å². The Labute approximate surface area is 139 Å². The highest BCUT2D eigenvalue weighted by Crippen LogP contribution is 2.18. The molecule has 0 fully saturated rings. The predicted octanol–water partition coefficient (Wildman–Crippen LogP) is 1.52. The molecule has 24 heavy (non-hydrogen) atoms. The topological polar surface area (TPSA) is 93.8 Å². The third-order valence-corrected chi connectivity index (χ3v) is 3.77. The van der Waals surface area contributed by atoms with Crippen molar-refractivity contribution in [2.24, 2.45) is 10.9 Å². The third-order valence-electron chi connectivity index (χ3n) is 3.77. The number of hydrogen-bond acceptors (Lipinski definition) is 4. The van der Waals surface area contributed by atoms with E-state index in [0.717, 1.165) is 5.56 Å². The Kier molecular flexibility index (Phi) is 4.56. The smallest absolute Gasteiger partial charge is 0.265 e. The Balaban J connectivity index is 1.66. The number of oxime groups is 1. The van der Waals surface area contributed by atoms with Crippen LogP contribution in [0.15, 0.2) is 65.8 Å². The first-order valence-electron chi connectivity index (χ1n) is 7.58. The van der Waals surface area contributed by atoms with E-state index >= 15 is 0 Å². The molecular weight excluding hydrogens is 306 g/mol. The maximum atomic E-state index is 12.4. The molecule has 2 amide bonds. The van der Waals surface area contributed by atoms with Crippen molar-refractivity contribution in [2.75, 3.05) is 0 Å². The molecule has 1 heterocycles. The van der Waals surface area contributed by atoms with Crippen LogP contribution < -0.4 is 11.1 Å². The van der Waals surface area contributed by atoms with Gasteiger partial charge in [-0.3, -0.25) is 9.59 Å². The average Bonchev–Trinajstić information content (AvgIpc) is 3.11. The van der Waals surface area contributed by atoms with Crippen molar-refractivity contribution in [2.45, 2.75) is 18.6 Å². The lowest BCUT2D eigenvalue weighted by atomic mass is 10.0. The monoisotopic (exact) mass is 323 g/mol. The third kappa shape index (κ3) is 3.43. The second-order valence-corrected chi connectivity index (χ2v) is 5.46. The van der Waals surface area contributed by atoms with Gasteiger partial charge in [0.2, 0.25) is 12.0 Å². The molecule has 0 spiro atoms. The standard InChI is InChI=1S/C18H17N3O3/c19-17(22)16(13-9-5-2-6-10-13)20-18(23)15-11-14(21-24-15)12-7-3-1-4-8-12/h1-10,15-16H,11H2,(H2,19,22)(H,20,23)/t15-,16+/m0/s1. The summed E-state index contributed by atoms with van der Waals surface area (Å²) in [4.78, 5) is 29.3. The van der Waals surface area contributed by atoms with Gasteiger partial charge in [-0.05, 0) is 11.1 Å². The maximum absolute atomic E-state index is 12.4. The quantitative estimate of drug-likeness (QED) is 0.873. The number of hydrogen-bond donors (Lipinski definition) is 2. The maximum Gasteiger partial charge on any atom is 0.265 e. The minimum atomic E-state index is -0.900. The normalized spacial score (nSPS) is 17.5. The summed E-state index contributed by atoms with van der Waals surface area (Å²) in [6.07, 6.45) is -0.429. The van der Waals surface area contributed by atoms with Gasteiger partial charge in [0.25, 0.3) is 5.91 Å². The lowest BCUT2D eigenvalue weighted by molar-refractivity contribution is -0.134. The molecule has 0 saturated carbocycles. The summed E-state index contributed by atoms with van der Waals surface area (Å²) < 4.78 is 0. The molecule has 2 atom stereocenters. The first-order valence-corrected chi connectivity index (χ1v) is 7.58. The second-order valence-electron chi connectivity index (χ2n) is 5.46. The molecule has 1 aliphatic rings. The SMILES string of the molecule is NC(=O)[C@H](NC(=O)[C@@H]1CC(c2ccccc2)=NO1)c1ccccc1. The van der Waals surface area contributed by atoms with Gasteiger partial charge in [0.05, 0.1) is 5.71 Å². The van der Waals surface area contributed by atoms with Gasteiger partial charge in [-0.2, -0.15) is 0 Å². The molecule has 3 N–H and O–H groups in total. The molecule has 0 unspecified atom stereocenters. The van der Waals surface area contributed by atoms with Crippen molar-refractivity contribution in [3.63, 3.8) is 0 Å². The molecule has 2 aromatic carbocycles. The molecule has 6 nitrogen and oxygen atoms in total. The fourth-order valence-corrected chi connectivity index (χ4v) is 2.52. The van der Waals surface area contributed by atoms with Crippen LogP contribution >= 0.6 is 0 Å². The molecule has 0 radical (unpaired) electrons. The number of benzene rings is 2. The lowest BCUT2D eigenvalue weighted by Crippen LogP contribution is -2.42. The number of nitrogens with one attached hydrogen (secondary N) is 1. The van der Waals surface area contributed by atoms with Crippen molar-refractivity contribution >= 4 is 17.5 Å². The summed E-state index contributed by atoms with van der Waals surface area (Å²) in [7, 11) is 0. The molecule has 2 aromatic rings. The number of amides is 2. The summed E-state index contributed by atoms with van der Waals surface area (Å²) >= 11 is 0. The van der Waals surface area contributed by atoms with E-state index in [1.165, 1.54) is 0 Å². The molecular formula is C18H17N3O3. The zero-order valence-electron chi connectivity index (χ0n) is 12.9. The molecule has 0 aliphatic carbocycles. The molecule has 122 valence electrons. The summed E-state index contributed by atoms with van der Waals surface area (Å²) in [6, 6.07) is 17.4. The molecule has 1 aliphatic heterocycles. The predicted molar refractivity (Wildman–Crippen MR) is 89.0 cm³/mol. The van der Waals surface area contributed by atoms with Crippen molar-refractivity contribution in [3.05, 3.63) is 71.8 Å². The van der Waals surface area contributed by atoms with Gasteiger partial charge in [-0.15, -0.1) is 0 Å². The molecule has 0 aromatic heterocycles. The highest BCUT2D eigenvalue weighted by Gasteiger charge is 2.31. The van der Waals surface area contributed by atoms with Crippen molar-refractivity contribution < 1.29 is 14.4 Å². The van der Waals surface area contributed by atoms with Crippen molar-refractivity contribution in [3.8, 4) is 0 Å². The molecule has 0 saturated heterocycles. The minimum Gasteiger partial charge on any atom is -0.382 e. The van der Waals surface area contributed by atoms with Crippen LogP contribution in [0.2, 0.25) is 0 Å². The van der Waals surface area contributed by atoms with Crippen LogP contribution in [0.1, 0.15) is 23.6 Å². The van der Waals surface area contributed by atoms with E-state index in [1.54, 1.807) is 24.3 Å². The number of rotatable bonds is 5. The van der Waals surface area contributed by atoms with Crippen molar-refractivity contribution in [1.82, 2.24) is 5.32 Å². The van der Waals surface area contributed by atoms with E-state index in [1.807, 2.05) is 36.4 Å². The zero-order chi connectivity index (χ0) is 16.9. The van der Waals surface area contributed by atoms with Gasteiger partial charge in [-0.25, -0.2) is 0 Å². The van der Waals surface area contributed by atoms with E-state index in [-0.39, 0.29) is 0 Å². The number of nitrogens with zero attached hydrogens (tertiary/aromatic N) is 1. The Morgan fingerprint density at radius 2 is 1.71 bits per heavy atom. The fourth-order valence-electron chi connectivity index (χ4n) is 2.52. The van der Waals surface area contributed by atoms with Crippen LogP contribution in [0.25, 0.3) is 0 Å². The number of primary amides is 1. The van der Waals surface area contributed by atoms with Crippen LogP contribution in [-0.2, 0) is 14.4 Å². The van der Waals surface area contributed by atoms with Crippen molar-refractivity contribution in [1.29, 1.82) is 0 Å². The van der Waals surface area contributed by atoms with Gasteiger partial charge in [0, 0.05) is 6.42 Å². The minimum absolute atomic E-state index is 0.343. The summed E-state index contributed by atoms with van der Waals surface area (Å²) in [5.74, 6) is -1.05. The highest BCUT2D eigenvalue weighted by molar-refractivity contribution is 6.04. The summed E-state index contributed by atoms with van der Waals surface area (Å²) in [5.41, 5.74) is 7.64. The first-order chi connectivity index (χ1) is 11.6. The van der Waals surface area contributed by atoms with Crippen LogP contribution in [0.5, 0.6) is 0 Å². The van der Waals surface area contributed by atoms with Gasteiger partial charge < -0.3 is 15.9 Å². The van der Waals surface area contributed by atoms with E-state index in [4.69, 9.17) is 10.6 Å². The van der Waals surface area contributed by atoms with Crippen LogP contribution in [0, 0.1) is 0 Å². The van der Waals surface area contributed by atoms with E-state index in [0.29, 0.717) is 17.7 Å². The Bertz CT molecular complexity index is 760. The fraction of sp³-hybridized carbons (Fsp3) is 0.167. The second kappa shape index (κ2) is 6.95. The average molecular weight is 323 g/mol. The molecule has 6 heteroatoms.